The number of aliphatic carboxylic acids is 2. The van der Waals surface area contributed by atoms with Crippen LogP contribution in [0.5, 0.6) is 0 Å². The maximum absolute atomic E-state index is 13.0. The number of nitrogens with one attached hydrogen (secondary N) is 4. The van der Waals surface area contributed by atoms with Gasteiger partial charge in [-0.3, -0.25) is 19.2 Å². The van der Waals surface area contributed by atoms with Gasteiger partial charge in [-0.25, -0.2) is 4.79 Å². The zero-order valence-electron chi connectivity index (χ0n) is 22.0. The van der Waals surface area contributed by atoms with Gasteiger partial charge in [-0.15, -0.1) is 0 Å². The Morgan fingerprint density at radius 2 is 1.53 bits per heavy atom. The normalized spacial score (nSPS) is 14.5. The van der Waals surface area contributed by atoms with Crippen LogP contribution >= 0.6 is 0 Å². The minimum absolute atomic E-state index is 0.0722. The first kappa shape index (κ1) is 30.3. The molecule has 208 valence electrons. The maximum atomic E-state index is 13.0. The first-order chi connectivity index (χ1) is 17.8. The van der Waals surface area contributed by atoms with Crippen LogP contribution < -0.4 is 21.7 Å². The smallest absolute Gasteiger partial charge is 0.326 e. The summed E-state index contributed by atoms with van der Waals surface area (Å²) in [4.78, 5) is 64.9. The molecule has 0 spiro atoms. The van der Waals surface area contributed by atoms with Gasteiger partial charge in [0.25, 0.3) is 0 Å². The lowest BCUT2D eigenvalue weighted by atomic mass is 10.00. The molecule has 38 heavy (non-hydrogen) atoms. The molecule has 0 saturated carbocycles. The molecule has 0 aliphatic rings. The average molecular weight is 532 g/mol. The molecule has 4 atom stereocenters. The van der Waals surface area contributed by atoms with Crippen molar-refractivity contribution in [1.82, 2.24) is 20.9 Å². The third-order valence-corrected chi connectivity index (χ3v) is 6.03. The van der Waals surface area contributed by atoms with Crippen molar-refractivity contribution in [3.63, 3.8) is 0 Å². The fraction of sp³-hybridized carbons (Fsp3) is 0.500. The molecule has 8 N–H and O–H groups in total. The Morgan fingerprint density at radius 1 is 0.895 bits per heavy atom. The van der Waals surface area contributed by atoms with E-state index in [1.54, 1.807) is 26.1 Å². The standard InChI is InChI=1S/C26H37N5O7/c1-13(2)9-17(27)23(34)31-22(14(3)4)25(36)29-19(11-21(32)33)24(35)30-20(26(37)38)10-15-12-28-18-8-6-5-7-16(15)18/h5-8,12-14,17,19-20,22,28H,9-11,27H2,1-4H3,(H,29,36)(H,30,35)(H,31,34)(H,32,33)(H,37,38). The van der Waals surface area contributed by atoms with Crippen LogP contribution in [-0.4, -0.2) is 69.0 Å². The summed E-state index contributed by atoms with van der Waals surface area (Å²) in [5, 5.41) is 27.1. The van der Waals surface area contributed by atoms with Crippen molar-refractivity contribution in [2.24, 2.45) is 17.6 Å². The molecular weight excluding hydrogens is 494 g/mol. The predicted octanol–water partition coefficient (Wildman–Crippen LogP) is 0.754. The van der Waals surface area contributed by atoms with Gasteiger partial charge in [-0.05, 0) is 29.9 Å². The van der Waals surface area contributed by atoms with Crippen LogP contribution in [0, 0.1) is 11.8 Å². The van der Waals surface area contributed by atoms with Crippen LogP contribution in [0.25, 0.3) is 10.9 Å². The molecule has 0 saturated heterocycles. The zero-order chi connectivity index (χ0) is 28.6. The third-order valence-electron chi connectivity index (χ3n) is 6.03. The number of hydrogen-bond acceptors (Lipinski definition) is 6. The fourth-order valence-electron chi connectivity index (χ4n) is 4.05. The number of benzene rings is 1. The molecule has 0 bridgehead atoms. The van der Waals surface area contributed by atoms with Gasteiger partial charge in [-0.2, -0.15) is 0 Å². The highest BCUT2D eigenvalue weighted by molar-refractivity contribution is 5.96. The van der Waals surface area contributed by atoms with Gasteiger partial charge in [0.1, 0.15) is 18.1 Å². The minimum Gasteiger partial charge on any atom is -0.481 e. The summed E-state index contributed by atoms with van der Waals surface area (Å²) in [6.45, 7) is 7.15. The number of aromatic nitrogens is 1. The predicted molar refractivity (Wildman–Crippen MR) is 140 cm³/mol. The number of carboxylic acids is 2. The average Bonchev–Trinajstić information content (AvgIpc) is 3.23. The molecule has 12 heteroatoms. The molecule has 1 aromatic heterocycles. The Bertz CT molecular complexity index is 1160. The molecule has 1 aromatic carbocycles. The summed E-state index contributed by atoms with van der Waals surface area (Å²) in [7, 11) is 0. The first-order valence-corrected chi connectivity index (χ1v) is 12.5. The summed E-state index contributed by atoms with van der Waals surface area (Å²) in [5.74, 6) is -5.26. The Kier molecular flexibility index (Phi) is 10.8. The van der Waals surface area contributed by atoms with Crippen LogP contribution in [0.1, 0.15) is 46.1 Å². The molecule has 2 aromatic rings. The van der Waals surface area contributed by atoms with Crippen molar-refractivity contribution < 1.29 is 34.2 Å². The van der Waals surface area contributed by atoms with E-state index in [9.17, 15) is 34.2 Å². The lowest BCUT2D eigenvalue weighted by molar-refractivity contribution is -0.143. The summed E-state index contributed by atoms with van der Waals surface area (Å²) in [5.41, 5.74) is 7.35. The van der Waals surface area contributed by atoms with E-state index in [1.165, 1.54) is 0 Å². The summed E-state index contributed by atoms with van der Waals surface area (Å²) in [6, 6.07) is 2.36. The second kappa shape index (κ2) is 13.6. The molecular formula is C26H37N5O7. The van der Waals surface area contributed by atoms with Crippen LogP contribution in [0.3, 0.4) is 0 Å². The van der Waals surface area contributed by atoms with Gasteiger partial charge >= 0.3 is 11.9 Å². The molecule has 4 unspecified atom stereocenters. The van der Waals surface area contributed by atoms with Gasteiger partial charge in [0.05, 0.1) is 12.5 Å². The number of carbonyl (C=O) groups excluding carboxylic acids is 3. The van der Waals surface area contributed by atoms with E-state index in [0.717, 1.165) is 10.9 Å². The van der Waals surface area contributed by atoms with E-state index in [-0.39, 0.29) is 12.3 Å². The topological polar surface area (TPSA) is 204 Å². The van der Waals surface area contributed by atoms with Crippen molar-refractivity contribution in [3.05, 3.63) is 36.0 Å². The molecule has 1 heterocycles. The van der Waals surface area contributed by atoms with E-state index >= 15 is 0 Å². The minimum atomic E-state index is -1.58. The Balaban J connectivity index is 2.16. The highest BCUT2D eigenvalue weighted by Crippen LogP contribution is 2.19. The monoisotopic (exact) mass is 531 g/mol. The highest BCUT2D eigenvalue weighted by Gasteiger charge is 2.33. The molecule has 0 radical (unpaired) electrons. The second-order valence-electron chi connectivity index (χ2n) is 10.1. The second-order valence-corrected chi connectivity index (χ2v) is 10.1. The van der Waals surface area contributed by atoms with Gasteiger partial charge in [0, 0.05) is 23.5 Å². The summed E-state index contributed by atoms with van der Waals surface area (Å²) < 4.78 is 0. The molecule has 0 fully saturated rings. The lowest BCUT2D eigenvalue weighted by Crippen LogP contribution is -2.59. The SMILES string of the molecule is CC(C)CC(N)C(=O)NC(C(=O)NC(CC(=O)O)C(=O)NC(Cc1c[nH]c2ccccc12)C(=O)O)C(C)C. The lowest BCUT2D eigenvalue weighted by Gasteiger charge is -2.26. The number of amides is 3. The van der Waals surface area contributed by atoms with Crippen LogP contribution in [0.2, 0.25) is 0 Å². The van der Waals surface area contributed by atoms with Crippen LogP contribution in [0.4, 0.5) is 0 Å². The number of fused-ring (bicyclic) bond motifs is 1. The van der Waals surface area contributed by atoms with Crippen molar-refractivity contribution in [2.45, 2.75) is 71.1 Å². The number of nitrogens with two attached hydrogens (primary N) is 1. The van der Waals surface area contributed by atoms with Crippen molar-refractivity contribution >= 4 is 40.6 Å². The fourth-order valence-corrected chi connectivity index (χ4v) is 4.05. The Labute approximate surface area is 220 Å². The number of para-hydroxylation sites is 1. The number of carboxylic acid groups (broad SMARTS) is 2. The largest absolute Gasteiger partial charge is 0.481 e. The van der Waals surface area contributed by atoms with Gasteiger partial charge < -0.3 is 36.9 Å². The quantitative estimate of drug-likeness (QED) is 0.185. The molecule has 0 aliphatic carbocycles. The number of carbonyl (C=O) groups is 5. The number of hydrogen-bond donors (Lipinski definition) is 7. The van der Waals surface area contributed by atoms with Crippen LogP contribution in [0.15, 0.2) is 30.5 Å². The maximum Gasteiger partial charge on any atom is 0.326 e. The number of H-pyrrole nitrogens is 1. The van der Waals surface area contributed by atoms with Gasteiger partial charge in [0.15, 0.2) is 0 Å². The van der Waals surface area contributed by atoms with E-state index in [2.05, 4.69) is 20.9 Å². The zero-order valence-corrected chi connectivity index (χ0v) is 22.0. The highest BCUT2D eigenvalue weighted by atomic mass is 16.4. The van der Waals surface area contributed by atoms with Crippen LogP contribution in [-0.2, 0) is 30.4 Å². The van der Waals surface area contributed by atoms with Gasteiger partial charge in [0.2, 0.25) is 17.7 Å². The molecule has 2 rings (SSSR count). The molecule has 3 amide bonds. The van der Waals surface area contributed by atoms with E-state index in [1.807, 2.05) is 32.0 Å². The number of rotatable bonds is 14. The van der Waals surface area contributed by atoms with E-state index < -0.39 is 66.2 Å². The van der Waals surface area contributed by atoms with Crippen molar-refractivity contribution in [3.8, 4) is 0 Å². The van der Waals surface area contributed by atoms with Crippen molar-refractivity contribution in [1.29, 1.82) is 0 Å². The van der Waals surface area contributed by atoms with Gasteiger partial charge in [-0.1, -0.05) is 45.9 Å². The van der Waals surface area contributed by atoms with E-state index in [4.69, 9.17) is 5.73 Å². The third kappa shape index (κ3) is 8.58. The first-order valence-electron chi connectivity index (χ1n) is 12.5. The Hall–Kier alpha value is -3.93. The Morgan fingerprint density at radius 3 is 2.11 bits per heavy atom. The number of aromatic amines is 1. The summed E-state index contributed by atoms with van der Waals surface area (Å²) in [6.07, 6.45) is 1.18. The van der Waals surface area contributed by atoms with Crippen molar-refractivity contribution in [2.75, 3.05) is 0 Å². The molecule has 0 aliphatic heterocycles. The molecule has 12 nitrogen and oxygen atoms in total. The van der Waals surface area contributed by atoms with E-state index in [0.29, 0.717) is 12.0 Å². The summed E-state index contributed by atoms with van der Waals surface area (Å²) >= 11 is 0.